The van der Waals surface area contributed by atoms with Crippen molar-refractivity contribution in [2.24, 2.45) is 0 Å². The first-order chi connectivity index (χ1) is 7.24. The molecule has 0 aromatic heterocycles. The third kappa shape index (κ3) is 2.84. The highest BCUT2D eigenvalue weighted by Gasteiger charge is 2.12. The van der Waals surface area contributed by atoms with E-state index in [0.29, 0.717) is 11.6 Å². The topological polar surface area (TPSA) is 43.7 Å². The molecule has 0 aliphatic carbocycles. The molecule has 0 fully saturated rings. The molecule has 0 amide bonds. The third-order valence-corrected chi connectivity index (χ3v) is 2.61. The van der Waals surface area contributed by atoms with E-state index in [1.54, 1.807) is 6.07 Å². The zero-order valence-electron chi connectivity index (χ0n) is 8.78. The summed E-state index contributed by atoms with van der Waals surface area (Å²) in [7, 11) is 0. The largest absolute Gasteiger partial charge is 0.395 e. The minimum atomic E-state index is -0.0438. The van der Waals surface area contributed by atoms with Gasteiger partial charge in [0.1, 0.15) is 0 Å². The summed E-state index contributed by atoms with van der Waals surface area (Å²) in [4.78, 5) is 1.95. The molecule has 0 bridgehead atoms. The van der Waals surface area contributed by atoms with Crippen molar-refractivity contribution < 1.29 is 10.2 Å². The number of para-hydroxylation sites is 1. The molecule has 1 rings (SSSR count). The van der Waals surface area contributed by atoms with Crippen molar-refractivity contribution in [3.63, 3.8) is 0 Å². The minimum absolute atomic E-state index is 0.0438. The Kier molecular flexibility index (Phi) is 4.88. The highest BCUT2D eigenvalue weighted by molar-refractivity contribution is 6.33. The van der Waals surface area contributed by atoms with Crippen molar-refractivity contribution >= 4 is 17.3 Å². The lowest BCUT2D eigenvalue weighted by Gasteiger charge is -2.25. The van der Waals surface area contributed by atoms with Crippen molar-refractivity contribution in [3.05, 3.63) is 28.8 Å². The smallest absolute Gasteiger partial charge is 0.0702 e. The van der Waals surface area contributed by atoms with E-state index >= 15 is 0 Å². The molecule has 0 heterocycles. The van der Waals surface area contributed by atoms with Gasteiger partial charge in [-0.3, -0.25) is 0 Å². The SMILES string of the molecule is CCN(CCO)c1c(Cl)cccc1CO. The molecule has 0 saturated heterocycles. The summed E-state index contributed by atoms with van der Waals surface area (Å²) in [5.74, 6) is 0. The van der Waals surface area contributed by atoms with Crippen LogP contribution in [0.25, 0.3) is 0 Å². The Morgan fingerprint density at radius 1 is 1.33 bits per heavy atom. The molecule has 0 unspecified atom stereocenters. The molecule has 0 radical (unpaired) electrons. The lowest BCUT2D eigenvalue weighted by Crippen LogP contribution is -2.27. The summed E-state index contributed by atoms with van der Waals surface area (Å²) in [6.07, 6.45) is 0. The predicted molar refractivity (Wildman–Crippen MR) is 62.3 cm³/mol. The van der Waals surface area contributed by atoms with Crippen molar-refractivity contribution in [2.45, 2.75) is 13.5 Å². The highest BCUT2D eigenvalue weighted by atomic mass is 35.5. The summed E-state index contributed by atoms with van der Waals surface area (Å²) >= 11 is 6.08. The van der Waals surface area contributed by atoms with Crippen molar-refractivity contribution in [1.82, 2.24) is 0 Å². The van der Waals surface area contributed by atoms with E-state index in [4.69, 9.17) is 16.7 Å². The Morgan fingerprint density at radius 3 is 2.60 bits per heavy atom. The first-order valence-electron chi connectivity index (χ1n) is 4.98. The molecule has 15 heavy (non-hydrogen) atoms. The molecule has 0 aliphatic rings. The molecule has 4 heteroatoms. The summed E-state index contributed by atoms with van der Waals surface area (Å²) in [5, 5.41) is 18.8. The van der Waals surface area contributed by atoms with E-state index in [0.717, 1.165) is 17.8 Å². The Labute approximate surface area is 94.9 Å². The molecule has 1 aromatic rings. The number of hydrogen-bond donors (Lipinski definition) is 2. The number of hydrogen-bond acceptors (Lipinski definition) is 3. The molecule has 2 N–H and O–H groups in total. The third-order valence-electron chi connectivity index (χ3n) is 2.31. The van der Waals surface area contributed by atoms with Crippen molar-refractivity contribution in [1.29, 1.82) is 0 Å². The van der Waals surface area contributed by atoms with Gasteiger partial charge in [0.15, 0.2) is 0 Å². The lowest BCUT2D eigenvalue weighted by molar-refractivity contribution is 0.280. The maximum Gasteiger partial charge on any atom is 0.0702 e. The predicted octanol–water partition coefficient (Wildman–Crippen LogP) is 1.65. The van der Waals surface area contributed by atoms with Crippen LogP contribution in [0.3, 0.4) is 0 Å². The van der Waals surface area contributed by atoms with E-state index < -0.39 is 0 Å². The van der Waals surface area contributed by atoms with Crippen LogP contribution in [-0.2, 0) is 6.61 Å². The van der Waals surface area contributed by atoms with Gasteiger partial charge in [-0.05, 0) is 13.0 Å². The van der Waals surface area contributed by atoms with E-state index in [9.17, 15) is 5.11 Å². The average Bonchev–Trinajstić information content (AvgIpc) is 2.26. The Balaban J connectivity index is 3.08. The van der Waals surface area contributed by atoms with Crippen LogP contribution >= 0.6 is 11.6 Å². The summed E-state index contributed by atoms with van der Waals surface area (Å²) in [6, 6.07) is 5.43. The quantitative estimate of drug-likeness (QED) is 0.807. The van der Waals surface area contributed by atoms with Gasteiger partial charge in [-0.1, -0.05) is 23.7 Å². The molecule has 1 aromatic carbocycles. The normalized spacial score (nSPS) is 10.4. The molecule has 0 atom stereocenters. The van der Waals surface area contributed by atoms with Crippen molar-refractivity contribution in [2.75, 3.05) is 24.6 Å². The fourth-order valence-corrected chi connectivity index (χ4v) is 1.90. The Morgan fingerprint density at radius 2 is 2.07 bits per heavy atom. The molecular weight excluding hydrogens is 214 g/mol. The zero-order chi connectivity index (χ0) is 11.3. The molecule has 0 spiro atoms. The van der Waals surface area contributed by atoms with Crippen LogP contribution in [0, 0.1) is 0 Å². The summed E-state index contributed by atoms with van der Waals surface area (Å²) < 4.78 is 0. The second-order valence-corrected chi connectivity index (χ2v) is 3.62. The molecule has 0 aliphatic heterocycles. The fourth-order valence-electron chi connectivity index (χ4n) is 1.59. The van der Waals surface area contributed by atoms with Gasteiger partial charge in [0.2, 0.25) is 0 Å². The van der Waals surface area contributed by atoms with E-state index in [1.807, 2.05) is 24.0 Å². The summed E-state index contributed by atoms with van der Waals surface area (Å²) in [6.45, 7) is 3.28. The number of benzene rings is 1. The van der Waals surface area contributed by atoms with Crippen molar-refractivity contribution in [3.8, 4) is 0 Å². The van der Waals surface area contributed by atoms with Crippen LogP contribution in [0.4, 0.5) is 5.69 Å². The van der Waals surface area contributed by atoms with E-state index in [-0.39, 0.29) is 13.2 Å². The van der Waals surface area contributed by atoms with Crippen LogP contribution in [0.1, 0.15) is 12.5 Å². The van der Waals surface area contributed by atoms with Gasteiger partial charge in [-0.25, -0.2) is 0 Å². The number of anilines is 1. The number of aliphatic hydroxyl groups excluding tert-OH is 2. The van der Waals surface area contributed by atoms with Gasteiger partial charge in [-0.15, -0.1) is 0 Å². The lowest BCUT2D eigenvalue weighted by atomic mass is 10.1. The van der Waals surface area contributed by atoms with Gasteiger partial charge in [0.25, 0.3) is 0 Å². The monoisotopic (exact) mass is 229 g/mol. The minimum Gasteiger partial charge on any atom is -0.395 e. The van der Waals surface area contributed by atoms with Crippen LogP contribution in [0.2, 0.25) is 5.02 Å². The van der Waals surface area contributed by atoms with Gasteiger partial charge >= 0.3 is 0 Å². The van der Waals surface area contributed by atoms with Gasteiger partial charge in [-0.2, -0.15) is 0 Å². The van der Waals surface area contributed by atoms with Gasteiger partial charge < -0.3 is 15.1 Å². The van der Waals surface area contributed by atoms with E-state index in [2.05, 4.69) is 0 Å². The maximum absolute atomic E-state index is 9.21. The standard InChI is InChI=1S/C11H16ClNO2/c1-2-13(6-7-14)11-9(8-15)4-3-5-10(11)12/h3-5,14-15H,2,6-8H2,1H3. The highest BCUT2D eigenvalue weighted by Crippen LogP contribution is 2.29. The van der Waals surface area contributed by atoms with Crippen LogP contribution in [-0.4, -0.2) is 29.9 Å². The number of likely N-dealkylation sites (N-methyl/N-ethyl adjacent to an activating group) is 1. The number of halogens is 1. The Bertz CT molecular complexity index is 317. The fraction of sp³-hybridized carbons (Fsp3) is 0.455. The Hall–Kier alpha value is -0.770. The number of nitrogens with zero attached hydrogens (tertiary/aromatic N) is 1. The first-order valence-corrected chi connectivity index (χ1v) is 5.36. The van der Waals surface area contributed by atoms with Crippen LogP contribution in [0.15, 0.2) is 18.2 Å². The average molecular weight is 230 g/mol. The molecule has 84 valence electrons. The second kappa shape index (κ2) is 5.95. The van der Waals surface area contributed by atoms with Crippen LogP contribution < -0.4 is 4.90 Å². The first kappa shape index (κ1) is 12.3. The summed E-state index contributed by atoms with van der Waals surface area (Å²) in [5.41, 5.74) is 1.61. The van der Waals surface area contributed by atoms with E-state index in [1.165, 1.54) is 0 Å². The number of aliphatic hydroxyl groups is 2. The van der Waals surface area contributed by atoms with Gasteiger partial charge in [0.05, 0.1) is 23.9 Å². The van der Waals surface area contributed by atoms with Crippen LogP contribution in [0.5, 0.6) is 0 Å². The molecular formula is C11H16ClNO2. The van der Waals surface area contributed by atoms with Gasteiger partial charge in [0, 0.05) is 18.7 Å². The maximum atomic E-state index is 9.21. The second-order valence-electron chi connectivity index (χ2n) is 3.21. The molecule has 0 saturated carbocycles. The molecule has 3 nitrogen and oxygen atoms in total. The zero-order valence-corrected chi connectivity index (χ0v) is 9.54. The number of rotatable bonds is 5.